The second kappa shape index (κ2) is 9.76. The summed E-state index contributed by atoms with van der Waals surface area (Å²) in [6, 6.07) is 4.23. The number of rotatable bonds is 7. The van der Waals surface area contributed by atoms with Crippen LogP contribution in [0.15, 0.2) is 27.4 Å². The summed E-state index contributed by atoms with van der Waals surface area (Å²) in [4.78, 5) is 13.4. The van der Waals surface area contributed by atoms with Crippen LogP contribution in [0.1, 0.15) is 0 Å². The molecule has 1 fully saturated rings. The lowest BCUT2D eigenvalue weighted by Gasteiger charge is -2.39. The van der Waals surface area contributed by atoms with E-state index in [1.165, 1.54) is 46.6 Å². The van der Waals surface area contributed by atoms with Crippen LogP contribution in [0.2, 0.25) is 0 Å². The molecule has 0 saturated carbocycles. The van der Waals surface area contributed by atoms with E-state index in [2.05, 4.69) is 0 Å². The average Bonchev–Trinajstić information content (AvgIpc) is 2.87. The van der Waals surface area contributed by atoms with Crippen LogP contribution >= 0.6 is 0 Å². The Morgan fingerprint density at radius 2 is 1.46 bits per heavy atom. The Labute approximate surface area is 198 Å². The van der Waals surface area contributed by atoms with E-state index in [4.69, 9.17) is 32.8 Å². The number of hydrogen-bond acceptors (Lipinski definition) is 12. The van der Waals surface area contributed by atoms with Crippen molar-refractivity contribution in [1.82, 2.24) is 0 Å². The fourth-order valence-electron chi connectivity index (χ4n) is 4.03. The number of fused-ring (bicyclic) bond motifs is 2. The molecule has 1 aromatic heterocycles. The van der Waals surface area contributed by atoms with Crippen LogP contribution < -0.4 is 29.1 Å². The van der Waals surface area contributed by atoms with Gasteiger partial charge in [0.05, 0.1) is 40.4 Å². The zero-order chi connectivity index (χ0) is 25.4. The van der Waals surface area contributed by atoms with E-state index in [-0.39, 0.29) is 50.7 Å². The Bertz CT molecular complexity index is 1280. The van der Waals surface area contributed by atoms with E-state index < -0.39 is 42.7 Å². The van der Waals surface area contributed by atoms with Gasteiger partial charge < -0.3 is 53.3 Å². The Kier molecular flexibility index (Phi) is 6.92. The molecular formula is C23H26O12. The van der Waals surface area contributed by atoms with Gasteiger partial charge in [-0.1, -0.05) is 0 Å². The van der Waals surface area contributed by atoms with Crippen molar-refractivity contribution >= 4 is 21.9 Å². The van der Waals surface area contributed by atoms with Gasteiger partial charge in [-0.15, -0.1) is 0 Å². The summed E-state index contributed by atoms with van der Waals surface area (Å²) in [5.74, 6) is 0.757. The predicted octanol–water partition coefficient (Wildman–Crippen LogP) is 0.159. The molecule has 0 unspecified atom stereocenters. The van der Waals surface area contributed by atoms with Crippen LogP contribution in [0.3, 0.4) is 0 Å². The highest BCUT2D eigenvalue weighted by Crippen LogP contribution is 2.43. The molecule has 1 aliphatic rings. The van der Waals surface area contributed by atoms with E-state index in [0.717, 1.165) is 0 Å². The molecule has 3 aromatic rings. The van der Waals surface area contributed by atoms with Gasteiger partial charge in [-0.25, -0.2) is 0 Å². The summed E-state index contributed by atoms with van der Waals surface area (Å²) in [7, 11) is 5.58. The largest absolute Gasteiger partial charge is 0.493 e. The summed E-state index contributed by atoms with van der Waals surface area (Å²) in [6.07, 6.45) is -7.44. The first kappa shape index (κ1) is 24.8. The van der Waals surface area contributed by atoms with E-state index in [9.17, 15) is 25.2 Å². The van der Waals surface area contributed by atoms with Gasteiger partial charge in [0.2, 0.25) is 17.5 Å². The van der Waals surface area contributed by atoms with Crippen LogP contribution in [0.25, 0.3) is 21.9 Å². The van der Waals surface area contributed by atoms with Crippen molar-refractivity contribution in [2.75, 3.05) is 35.0 Å². The molecule has 2 heterocycles. The lowest BCUT2D eigenvalue weighted by molar-refractivity contribution is -0.277. The third kappa shape index (κ3) is 4.09. The Balaban J connectivity index is 1.86. The summed E-state index contributed by atoms with van der Waals surface area (Å²) in [5, 5.41) is 40.0. The number of methoxy groups -OCH3 is 4. The number of aliphatic hydroxyl groups excluding tert-OH is 4. The Morgan fingerprint density at radius 1 is 0.800 bits per heavy atom. The minimum absolute atomic E-state index is 0.0132. The average molecular weight is 494 g/mol. The molecule has 0 spiro atoms. The van der Waals surface area contributed by atoms with E-state index in [1.54, 1.807) is 0 Å². The molecule has 1 saturated heterocycles. The smallest absolute Gasteiger partial charge is 0.229 e. The number of ether oxygens (including phenoxy) is 6. The lowest BCUT2D eigenvalue weighted by atomic mass is 9.99. The maximum absolute atomic E-state index is 13.4. The summed E-state index contributed by atoms with van der Waals surface area (Å²) in [6.45, 7) is -0.617. The maximum atomic E-state index is 13.4. The molecule has 0 aliphatic carbocycles. The quantitative estimate of drug-likeness (QED) is 0.329. The zero-order valence-corrected chi connectivity index (χ0v) is 19.4. The van der Waals surface area contributed by atoms with Crippen LogP contribution in [-0.4, -0.2) is 86.2 Å². The second-order valence-corrected chi connectivity index (χ2v) is 7.76. The van der Waals surface area contributed by atoms with Crippen molar-refractivity contribution in [3.8, 4) is 28.7 Å². The van der Waals surface area contributed by atoms with Gasteiger partial charge in [0.1, 0.15) is 41.0 Å². The first-order valence-electron chi connectivity index (χ1n) is 10.5. The molecule has 5 atom stereocenters. The number of aliphatic hydroxyl groups is 4. The highest BCUT2D eigenvalue weighted by molar-refractivity contribution is 5.97. The number of benzene rings is 2. The molecule has 0 radical (unpaired) electrons. The minimum Gasteiger partial charge on any atom is -0.493 e. The van der Waals surface area contributed by atoms with Crippen LogP contribution in [0.4, 0.5) is 0 Å². The monoisotopic (exact) mass is 494 g/mol. The molecule has 0 bridgehead atoms. The molecular weight excluding hydrogens is 468 g/mol. The van der Waals surface area contributed by atoms with Gasteiger partial charge in [-0.3, -0.25) is 4.79 Å². The van der Waals surface area contributed by atoms with Crippen LogP contribution in [0, 0.1) is 0 Å². The van der Waals surface area contributed by atoms with Gasteiger partial charge in [-0.05, 0) is 6.07 Å². The summed E-state index contributed by atoms with van der Waals surface area (Å²) in [5.41, 5.74) is -0.171. The van der Waals surface area contributed by atoms with E-state index in [1.807, 2.05) is 0 Å². The molecule has 2 aromatic carbocycles. The zero-order valence-electron chi connectivity index (χ0n) is 19.4. The van der Waals surface area contributed by atoms with Gasteiger partial charge in [0, 0.05) is 12.1 Å². The molecule has 1 aliphatic heterocycles. The molecule has 190 valence electrons. The van der Waals surface area contributed by atoms with Crippen LogP contribution in [0.5, 0.6) is 28.7 Å². The topological polar surface area (TPSA) is 167 Å². The first-order chi connectivity index (χ1) is 16.8. The van der Waals surface area contributed by atoms with Crippen LogP contribution in [-0.2, 0) is 4.74 Å². The molecule has 35 heavy (non-hydrogen) atoms. The summed E-state index contributed by atoms with van der Waals surface area (Å²) < 4.78 is 38.5. The predicted molar refractivity (Wildman–Crippen MR) is 121 cm³/mol. The van der Waals surface area contributed by atoms with E-state index in [0.29, 0.717) is 0 Å². The number of hydrogen-bond donors (Lipinski definition) is 4. The molecule has 4 N–H and O–H groups in total. The van der Waals surface area contributed by atoms with Crippen molar-refractivity contribution in [1.29, 1.82) is 0 Å². The summed E-state index contributed by atoms with van der Waals surface area (Å²) >= 11 is 0. The van der Waals surface area contributed by atoms with Crippen molar-refractivity contribution in [3.63, 3.8) is 0 Å². The van der Waals surface area contributed by atoms with Crippen molar-refractivity contribution < 1.29 is 53.3 Å². The van der Waals surface area contributed by atoms with Gasteiger partial charge >= 0.3 is 0 Å². The minimum atomic E-state index is -1.64. The standard InChI is InChI=1S/C23H26O12/c1-29-11-5-9-10(6-12(11)34-23-20(28)19(27)18(26)15(8-24)35-23)33-13-7-14(30-2)21(31-3)22(32-4)16(13)17(9)25/h5-7,15,18-20,23-24,26-28H,8H2,1-4H3/t15-,18-,19+,20-,23-/m1/s1. The molecule has 4 rings (SSSR count). The fraction of sp³-hybridized carbons (Fsp3) is 0.435. The molecule has 12 nitrogen and oxygen atoms in total. The van der Waals surface area contributed by atoms with Gasteiger partial charge in [-0.2, -0.15) is 0 Å². The lowest BCUT2D eigenvalue weighted by Crippen LogP contribution is -2.60. The van der Waals surface area contributed by atoms with Gasteiger partial charge in [0.25, 0.3) is 0 Å². The second-order valence-electron chi connectivity index (χ2n) is 7.76. The Hall–Kier alpha value is -3.29. The third-order valence-corrected chi connectivity index (χ3v) is 5.84. The van der Waals surface area contributed by atoms with Gasteiger partial charge in [0.15, 0.2) is 23.0 Å². The third-order valence-electron chi connectivity index (χ3n) is 5.84. The maximum Gasteiger partial charge on any atom is 0.229 e. The highest BCUT2D eigenvalue weighted by atomic mass is 16.7. The SMILES string of the molecule is COc1cc2c(=O)c3c(OC)c(OC)c(OC)cc3oc2cc1O[C@@H]1O[C@H](CO)[C@@H](O)[C@H](O)[C@H]1O. The molecule has 0 amide bonds. The van der Waals surface area contributed by atoms with Crippen molar-refractivity contribution in [3.05, 3.63) is 28.4 Å². The fourth-order valence-corrected chi connectivity index (χ4v) is 4.03. The first-order valence-corrected chi connectivity index (χ1v) is 10.5. The highest BCUT2D eigenvalue weighted by Gasteiger charge is 2.45. The normalized spacial score (nSPS) is 24.4. The molecule has 12 heteroatoms. The van der Waals surface area contributed by atoms with Crippen molar-refractivity contribution in [2.24, 2.45) is 0 Å². The Morgan fingerprint density at radius 3 is 2.06 bits per heavy atom. The van der Waals surface area contributed by atoms with E-state index >= 15 is 0 Å². The van der Waals surface area contributed by atoms with Crippen molar-refractivity contribution in [2.45, 2.75) is 30.7 Å².